The molecule has 0 aliphatic heterocycles. The van der Waals surface area contributed by atoms with Crippen LogP contribution in [-0.2, 0) is 4.79 Å². The van der Waals surface area contributed by atoms with Gasteiger partial charge in [0, 0.05) is 6.20 Å². The van der Waals surface area contributed by atoms with Crippen molar-refractivity contribution in [2.45, 2.75) is 5.25 Å². The summed E-state index contributed by atoms with van der Waals surface area (Å²) in [7, 11) is 0. The number of aliphatic carboxylic acids is 1. The number of rotatable bonds is 2. The molecule has 0 saturated carbocycles. The first-order chi connectivity index (χ1) is 4.72. The monoisotopic (exact) mass is 158 g/mol. The zero-order valence-electron chi connectivity index (χ0n) is 4.98. The van der Waals surface area contributed by atoms with Gasteiger partial charge in [0.15, 0.2) is 0 Å². The van der Waals surface area contributed by atoms with Crippen LogP contribution in [0.5, 0.6) is 0 Å². The normalized spacial score (nSPS) is 12.9. The summed E-state index contributed by atoms with van der Waals surface area (Å²) in [6.45, 7) is 0. The Morgan fingerprint density at radius 2 is 2.60 bits per heavy atom. The zero-order valence-corrected chi connectivity index (χ0v) is 5.88. The lowest BCUT2D eigenvalue weighted by Crippen LogP contribution is -2.04. The Labute approximate surface area is 62.7 Å². The molecule has 1 aromatic rings. The third-order valence-corrected chi connectivity index (χ3v) is 1.52. The first kappa shape index (κ1) is 7.14. The highest BCUT2D eigenvalue weighted by Gasteiger charge is 2.15. The van der Waals surface area contributed by atoms with Crippen molar-refractivity contribution >= 4 is 18.6 Å². The van der Waals surface area contributed by atoms with Crippen molar-refractivity contribution in [3.8, 4) is 0 Å². The fourth-order valence-electron chi connectivity index (χ4n) is 0.548. The van der Waals surface area contributed by atoms with Crippen molar-refractivity contribution in [2.75, 3.05) is 0 Å². The van der Waals surface area contributed by atoms with Gasteiger partial charge in [-0.15, -0.1) is 0 Å². The highest BCUT2D eigenvalue weighted by molar-refractivity contribution is 7.81. The van der Waals surface area contributed by atoms with Gasteiger partial charge in [-0.05, 0) is 0 Å². The maximum atomic E-state index is 10.3. The number of H-pyrrole nitrogens is 1. The van der Waals surface area contributed by atoms with E-state index in [0.29, 0.717) is 5.69 Å². The van der Waals surface area contributed by atoms with Crippen LogP contribution >= 0.6 is 12.6 Å². The van der Waals surface area contributed by atoms with Gasteiger partial charge < -0.3 is 10.1 Å². The molecule has 0 saturated heterocycles. The average Bonchev–Trinajstić information content (AvgIpc) is 2.36. The van der Waals surface area contributed by atoms with E-state index in [1.165, 1.54) is 12.5 Å². The molecule has 4 nitrogen and oxygen atoms in total. The zero-order chi connectivity index (χ0) is 7.56. The first-order valence-corrected chi connectivity index (χ1v) is 3.13. The number of carboxylic acid groups (broad SMARTS) is 1. The van der Waals surface area contributed by atoms with Gasteiger partial charge in [0.1, 0.15) is 5.25 Å². The lowest BCUT2D eigenvalue weighted by molar-refractivity contribution is -0.136. The summed E-state index contributed by atoms with van der Waals surface area (Å²) in [4.78, 5) is 16.6. The van der Waals surface area contributed by atoms with E-state index in [2.05, 4.69) is 22.6 Å². The van der Waals surface area contributed by atoms with Gasteiger partial charge in [-0.3, -0.25) is 4.79 Å². The van der Waals surface area contributed by atoms with E-state index < -0.39 is 11.2 Å². The second-order valence-electron chi connectivity index (χ2n) is 1.73. The number of aromatic amines is 1. The third-order valence-electron chi connectivity index (χ3n) is 1.03. The van der Waals surface area contributed by atoms with Gasteiger partial charge in [-0.1, -0.05) is 0 Å². The topological polar surface area (TPSA) is 66.0 Å². The summed E-state index contributed by atoms with van der Waals surface area (Å²) < 4.78 is 0. The Kier molecular flexibility index (Phi) is 1.96. The molecule has 5 heteroatoms. The van der Waals surface area contributed by atoms with E-state index in [1.54, 1.807) is 0 Å². The van der Waals surface area contributed by atoms with Gasteiger partial charge in [0.05, 0.1) is 12.0 Å². The van der Waals surface area contributed by atoms with Gasteiger partial charge in [-0.25, -0.2) is 4.98 Å². The molecule has 1 rings (SSSR count). The van der Waals surface area contributed by atoms with Crippen molar-refractivity contribution in [2.24, 2.45) is 0 Å². The molecule has 0 radical (unpaired) electrons. The highest BCUT2D eigenvalue weighted by Crippen LogP contribution is 2.15. The van der Waals surface area contributed by atoms with Crippen LogP contribution in [0.4, 0.5) is 0 Å². The minimum absolute atomic E-state index is 0.427. The number of thiol groups is 1. The lowest BCUT2D eigenvalue weighted by atomic mass is 10.3. The number of aromatic nitrogens is 2. The Balaban J connectivity index is 2.77. The molecular weight excluding hydrogens is 152 g/mol. The molecule has 1 atom stereocenters. The predicted octanol–water partition coefficient (Wildman–Crippen LogP) is 0.465. The minimum atomic E-state index is -0.990. The molecule has 0 aromatic carbocycles. The summed E-state index contributed by atoms with van der Waals surface area (Å²) in [6, 6.07) is 0. The van der Waals surface area contributed by atoms with Crippen LogP contribution in [0.1, 0.15) is 10.9 Å². The Morgan fingerprint density at radius 3 is 3.00 bits per heavy atom. The summed E-state index contributed by atoms with van der Waals surface area (Å²) in [6.07, 6.45) is 2.92. The summed E-state index contributed by atoms with van der Waals surface area (Å²) >= 11 is 3.80. The van der Waals surface area contributed by atoms with Crippen LogP contribution in [0.15, 0.2) is 12.5 Å². The molecule has 54 valence electrons. The molecule has 0 spiro atoms. The second kappa shape index (κ2) is 2.74. The molecule has 0 aliphatic carbocycles. The average molecular weight is 158 g/mol. The molecule has 2 N–H and O–H groups in total. The second-order valence-corrected chi connectivity index (χ2v) is 2.25. The maximum absolute atomic E-state index is 10.3. The van der Waals surface area contributed by atoms with Crippen molar-refractivity contribution in [3.63, 3.8) is 0 Å². The largest absolute Gasteiger partial charge is 0.480 e. The number of carboxylic acids is 1. The number of hydrogen-bond acceptors (Lipinski definition) is 3. The molecule has 1 unspecified atom stereocenters. The number of imidazole rings is 1. The van der Waals surface area contributed by atoms with Crippen molar-refractivity contribution in [1.29, 1.82) is 0 Å². The summed E-state index contributed by atoms with van der Waals surface area (Å²) in [5, 5.41) is 7.60. The van der Waals surface area contributed by atoms with E-state index in [4.69, 9.17) is 5.11 Å². The number of hydrogen-bond donors (Lipinski definition) is 3. The summed E-state index contributed by atoms with van der Waals surface area (Å²) in [5.74, 6) is -0.990. The Bertz CT molecular complexity index is 222. The first-order valence-electron chi connectivity index (χ1n) is 2.61. The fourth-order valence-corrected chi connectivity index (χ4v) is 0.689. The van der Waals surface area contributed by atoms with E-state index in [1.807, 2.05) is 0 Å². The molecule has 1 heterocycles. The van der Waals surface area contributed by atoms with Crippen LogP contribution in [0.25, 0.3) is 0 Å². The number of nitrogens with one attached hydrogen (secondary N) is 1. The highest BCUT2D eigenvalue weighted by atomic mass is 32.1. The standard InChI is InChI=1S/C5H6N2O2S/c8-5(9)4(10)3-1-6-2-7-3/h1-2,4,10H,(H,6,7)(H,8,9). The smallest absolute Gasteiger partial charge is 0.322 e. The quantitative estimate of drug-likeness (QED) is 0.548. The third kappa shape index (κ3) is 1.30. The van der Waals surface area contributed by atoms with Crippen LogP contribution in [0.2, 0.25) is 0 Å². The molecular formula is C5H6N2O2S. The van der Waals surface area contributed by atoms with Crippen molar-refractivity contribution in [1.82, 2.24) is 9.97 Å². The molecule has 0 fully saturated rings. The van der Waals surface area contributed by atoms with E-state index in [9.17, 15) is 4.79 Å². The Hall–Kier alpha value is -0.970. The van der Waals surface area contributed by atoms with Gasteiger partial charge in [0.25, 0.3) is 0 Å². The van der Waals surface area contributed by atoms with Gasteiger partial charge >= 0.3 is 5.97 Å². The fraction of sp³-hybridized carbons (Fsp3) is 0.200. The van der Waals surface area contributed by atoms with E-state index >= 15 is 0 Å². The van der Waals surface area contributed by atoms with Crippen molar-refractivity contribution in [3.05, 3.63) is 18.2 Å². The lowest BCUT2D eigenvalue weighted by Gasteiger charge is -1.97. The van der Waals surface area contributed by atoms with Gasteiger partial charge in [0.2, 0.25) is 0 Å². The van der Waals surface area contributed by atoms with E-state index in [-0.39, 0.29) is 0 Å². The van der Waals surface area contributed by atoms with Crippen LogP contribution < -0.4 is 0 Å². The SMILES string of the molecule is O=C(O)C(S)c1c[nH]cn1. The van der Waals surface area contributed by atoms with Gasteiger partial charge in [-0.2, -0.15) is 12.6 Å². The minimum Gasteiger partial charge on any atom is -0.480 e. The van der Waals surface area contributed by atoms with Crippen LogP contribution in [-0.4, -0.2) is 21.0 Å². The molecule has 1 aromatic heterocycles. The van der Waals surface area contributed by atoms with E-state index in [0.717, 1.165) is 0 Å². The maximum Gasteiger partial charge on any atom is 0.322 e. The number of nitrogens with zero attached hydrogens (tertiary/aromatic N) is 1. The van der Waals surface area contributed by atoms with Crippen molar-refractivity contribution < 1.29 is 9.90 Å². The number of carbonyl (C=O) groups is 1. The van der Waals surface area contributed by atoms with Crippen LogP contribution in [0, 0.1) is 0 Å². The molecule has 10 heavy (non-hydrogen) atoms. The van der Waals surface area contributed by atoms with Crippen LogP contribution in [0.3, 0.4) is 0 Å². The predicted molar refractivity (Wildman–Crippen MR) is 38.0 cm³/mol. The Morgan fingerprint density at radius 1 is 1.90 bits per heavy atom. The molecule has 0 aliphatic rings. The summed E-state index contributed by atoms with van der Waals surface area (Å²) in [5.41, 5.74) is 0.427. The molecule has 0 amide bonds. The molecule has 0 bridgehead atoms.